The number of halogens is 2. The first kappa shape index (κ1) is 14.0. The topological polar surface area (TPSA) is 26.0 Å². The first-order valence-electron chi connectivity index (χ1n) is 6.38. The number of benzene rings is 2. The van der Waals surface area contributed by atoms with Gasteiger partial charge >= 0.3 is 0 Å². The average molecular weight is 278 g/mol. The summed E-state index contributed by atoms with van der Waals surface area (Å²) < 4.78 is 13.7. The lowest BCUT2D eigenvalue weighted by molar-refractivity contribution is 0.593. The molecule has 0 amide bonds. The van der Waals surface area contributed by atoms with Crippen molar-refractivity contribution in [3.8, 4) is 0 Å². The van der Waals surface area contributed by atoms with E-state index >= 15 is 0 Å². The van der Waals surface area contributed by atoms with Gasteiger partial charge in [-0.05, 0) is 41.7 Å². The number of hydrogen-bond acceptors (Lipinski definition) is 1. The molecule has 0 aromatic heterocycles. The Labute approximate surface area is 118 Å². The van der Waals surface area contributed by atoms with Crippen LogP contribution in [0.15, 0.2) is 42.5 Å². The molecule has 0 spiro atoms. The van der Waals surface area contributed by atoms with Crippen LogP contribution in [0.5, 0.6) is 0 Å². The summed E-state index contributed by atoms with van der Waals surface area (Å²) in [6, 6.07) is 12.6. The normalized spacial score (nSPS) is 12.4. The first-order chi connectivity index (χ1) is 9.10. The second-order valence-electron chi connectivity index (χ2n) is 4.64. The van der Waals surface area contributed by atoms with E-state index in [-0.39, 0.29) is 11.9 Å². The van der Waals surface area contributed by atoms with E-state index in [9.17, 15) is 4.39 Å². The van der Waals surface area contributed by atoms with Crippen molar-refractivity contribution >= 4 is 11.6 Å². The van der Waals surface area contributed by atoms with Gasteiger partial charge in [-0.15, -0.1) is 0 Å². The van der Waals surface area contributed by atoms with E-state index in [0.717, 1.165) is 12.0 Å². The van der Waals surface area contributed by atoms with E-state index in [1.165, 1.54) is 11.6 Å². The van der Waals surface area contributed by atoms with E-state index in [1.807, 2.05) is 12.1 Å². The third kappa shape index (κ3) is 3.55. The van der Waals surface area contributed by atoms with Crippen molar-refractivity contribution in [2.75, 3.05) is 0 Å². The molecule has 2 aromatic carbocycles. The van der Waals surface area contributed by atoms with Crippen LogP contribution in [0.3, 0.4) is 0 Å². The van der Waals surface area contributed by atoms with Crippen LogP contribution in [0.4, 0.5) is 4.39 Å². The second kappa shape index (κ2) is 6.18. The summed E-state index contributed by atoms with van der Waals surface area (Å²) in [6.07, 6.45) is 1.47. The zero-order valence-corrected chi connectivity index (χ0v) is 11.6. The maximum atomic E-state index is 13.7. The summed E-state index contributed by atoms with van der Waals surface area (Å²) in [5.74, 6) is -0.298. The lowest BCUT2D eigenvalue weighted by atomic mass is 9.98. The predicted molar refractivity (Wildman–Crippen MR) is 77.9 cm³/mol. The molecule has 0 heterocycles. The van der Waals surface area contributed by atoms with E-state index in [1.54, 1.807) is 12.1 Å². The number of aryl methyl sites for hydroxylation is 1. The van der Waals surface area contributed by atoms with Crippen LogP contribution in [-0.2, 0) is 12.8 Å². The predicted octanol–water partition coefficient (Wildman–Crippen LogP) is 4.28. The van der Waals surface area contributed by atoms with E-state index in [0.29, 0.717) is 17.0 Å². The minimum Gasteiger partial charge on any atom is -0.324 e. The monoisotopic (exact) mass is 277 g/mol. The van der Waals surface area contributed by atoms with Crippen molar-refractivity contribution in [1.82, 2.24) is 0 Å². The van der Waals surface area contributed by atoms with Crippen molar-refractivity contribution < 1.29 is 4.39 Å². The van der Waals surface area contributed by atoms with E-state index in [4.69, 9.17) is 17.3 Å². The first-order valence-corrected chi connectivity index (χ1v) is 6.76. The Balaban J connectivity index is 2.13. The Morgan fingerprint density at radius 3 is 2.42 bits per heavy atom. The Bertz CT molecular complexity index is 551. The summed E-state index contributed by atoms with van der Waals surface area (Å²) in [6.45, 7) is 2.11. The van der Waals surface area contributed by atoms with Crippen LogP contribution < -0.4 is 5.73 Å². The van der Waals surface area contributed by atoms with Gasteiger partial charge in [-0.1, -0.05) is 48.9 Å². The van der Waals surface area contributed by atoms with Gasteiger partial charge in [-0.25, -0.2) is 4.39 Å². The third-order valence-electron chi connectivity index (χ3n) is 3.27. The van der Waals surface area contributed by atoms with Gasteiger partial charge in [0.15, 0.2) is 0 Å². The fourth-order valence-corrected chi connectivity index (χ4v) is 2.20. The zero-order valence-electron chi connectivity index (χ0n) is 10.9. The minimum atomic E-state index is -0.298. The molecule has 0 fully saturated rings. The largest absolute Gasteiger partial charge is 0.324 e. The summed E-state index contributed by atoms with van der Waals surface area (Å²) in [5.41, 5.74) is 9.01. The molecule has 19 heavy (non-hydrogen) atoms. The summed E-state index contributed by atoms with van der Waals surface area (Å²) in [7, 11) is 0. The van der Waals surface area contributed by atoms with Gasteiger partial charge in [0.1, 0.15) is 5.82 Å². The van der Waals surface area contributed by atoms with Crippen molar-refractivity contribution in [3.05, 3.63) is 70.0 Å². The number of nitrogens with two attached hydrogens (primary N) is 1. The molecule has 0 aliphatic rings. The molecule has 1 atom stereocenters. The molecule has 0 aliphatic heterocycles. The standard InChI is InChI=1S/C16H17ClFN/c1-2-11-3-5-12(6-4-11)16(19)9-13-7-8-14(17)10-15(13)18/h3-8,10,16H,2,9,19H2,1H3. The van der Waals surface area contributed by atoms with Gasteiger partial charge < -0.3 is 5.73 Å². The van der Waals surface area contributed by atoms with Crippen LogP contribution in [0.2, 0.25) is 5.02 Å². The average Bonchev–Trinajstić information content (AvgIpc) is 2.42. The minimum absolute atomic E-state index is 0.207. The Kier molecular flexibility index (Phi) is 4.56. The molecular formula is C16H17ClFN. The van der Waals surface area contributed by atoms with Crippen molar-refractivity contribution in [3.63, 3.8) is 0 Å². The maximum Gasteiger partial charge on any atom is 0.127 e. The molecule has 100 valence electrons. The smallest absolute Gasteiger partial charge is 0.127 e. The lowest BCUT2D eigenvalue weighted by Crippen LogP contribution is -2.14. The van der Waals surface area contributed by atoms with Crippen molar-refractivity contribution in [2.45, 2.75) is 25.8 Å². The fraction of sp³-hybridized carbons (Fsp3) is 0.250. The molecular weight excluding hydrogens is 261 g/mol. The molecule has 0 radical (unpaired) electrons. The van der Waals surface area contributed by atoms with Crippen LogP contribution in [0.25, 0.3) is 0 Å². The molecule has 2 rings (SSSR count). The lowest BCUT2D eigenvalue weighted by Gasteiger charge is -2.13. The van der Waals surface area contributed by atoms with Gasteiger partial charge in [0.05, 0.1) is 0 Å². The number of rotatable bonds is 4. The molecule has 3 heteroatoms. The van der Waals surface area contributed by atoms with Gasteiger partial charge in [0.2, 0.25) is 0 Å². The Morgan fingerprint density at radius 2 is 1.84 bits per heavy atom. The molecule has 0 saturated carbocycles. The summed E-state index contributed by atoms with van der Waals surface area (Å²) in [4.78, 5) is 0. The fourth-order valence-electron chi connectivity index (χ4n) is 2.04. The molecule has 2 N–H and O–H groups in total. The Hall–Kier alpha value is -1.38. The van der Waals surface area contributed by atoms with Gasteiger partial charge in [-0.2, -0.15) is 0 Å². The van der Waals surface area contributed by atoms with Crippen molar-refractivity contribution in [1.29, 1.82) is 0 Å². The molecule has 1 unspecified atom stereocenters. The Morgan fingerprint density at radius 1 is 1.16 bits per heavy atom. The summed E-state index contributed by atoms with van der Waals surface area (Å²) >= 11 is 5.73. The number of hydrogen-bond donors (Lipinski definition) is 1. The van der Waals surface area contributed by atoms with Gasteiger partial charge in [-0.3, -0.25) is 0 Å². The van der Waals surface area contributed by atoms with Gasteiger partial charge in [0.25, 0.3) is 0 Å². The SMILES string of the molecule is CCc1ccc(C(N)Cc2ccc(Cl)cc2F)cc1. The molecule has 0 aliphatic carbocycles. The second-order valence-corrected chi connectivity index (χ2v) is 5.08. The van der Waals surface area contributed by atoms with Crippen LogP contribution in [-0.4, -0.2) is 0 Å². The van der Waals surface area contributed by atoms with Crippen molar-refractivity contribution in [2.24, 2.45) is 5.73 Å². The van der Waals surface area contributed by atoms with E-state index in [2.05, 4.69) is 19.1 Å². The van der Waals surface area contributed by atoms with E-state index < -0.39 is 0 Å². The zero-order chi connectivity index (χ0) is 13.8. The van der Waals surface area contributed by atoms with Gasteiger partial charge in [0, 0.05) is 11.1 Å². The highest BCUT2D eigenvalue weighted by atomic mass is 35.5. The highest BCUT2D eigenvalue weighted by Crippen LogP contribution is 2.21. The maximum absolute atomic E-state index is 13.7. The highest BCUT2D eigenvalue weighted by Gasteiger charge is 2.10. The molecule has 2 aromatic rings. The van der Waals surface area contributed by atoms with Crippen LogP contribution in [0.1, 0.15) is 29.7 Å². The van der Waals surface area contributed by atoms with Crippen LogP contribution in [0, 0.1) is 5.82 Å². The quantitative estimate of drug-likeness (QED) is 0.887. The summed E-state index contributed by atoms with van der Waals surface area (Å²) in [5, 5.41) is 0.405. The molecule has 1 nitrogen and oxygen atoms in total. The molecule has 0 saturated heterocycles. The molecule has 0 bridgehead atoms. The highest BCUT2D eigenvalue weighted by molar-refractivity contribution is 6.30. The third-order valence-corrected chi connectivity index (χ3v) is 3.51. The van der Waals surface area contributed by atoms with Crippen LogP contribution >= 0.6 is 11.6 Å².